The Morgan fingerprint density at radius 2 is 1.57 bits per heavy atom. The number of carbonyl (C=O) groups is 1. The first-order valence-corrected chi connectivity index (χ1v) is 13.9. The van der Waals surface area contributed by atoms with E-state index in [0.29, 0.717) is 31.6 Å². The number of rotatable bonds is 4. The molecule has 2 amide bonds. The fourth-order valence-electron chi connectivity index (χ4n) is 5.73. The predicted octanol–water partition coefficient (Wildman–Crippen LogP) is 5.45. The van der Waals surface area contributed by atoms with Crippen LogP contribution in [0.1, 0.15) is 56.1 Å². The number of nitrogens with zero attached hydrogens (tertiary/aromatic N) is 2. The van der Waals surface area contributed by atoms with E-state index >= 15 is 0 Å². The minimum absolute atomic E-state index is 0.0568. The fourth-order valence-corrected chi connectivity index (χ4v) is 7.30. The number of hydrogen-bond acceptors (Lipinski definition) is 3. The Balaban J connectivity index is 1.30. The van der Waals surface area contributed by atoms with Crippen molar-refractivity contribution >= 4 is 21.7 Å². The lowest BCUT2D eigenvalue weighted by molar-refractivity contribution is -0.0399. The average Bonchev–Trinajstić information content (AvgIpc) is 3.20. The van der Waals surface area contributed by atoms with Gasteiger partial charge in [0.25, 0.3) is 16.4 Å². The van der Waals surface area contributed by atoms with Crippen LogP contribution in [0.5, 0.6) is 0 Å². The summed E-state index contributed by atoms with van der Waals surface area (Å²) in [5.41, 5.74) is 0.708. The van der Waals surface area contributed by atoms with Crippen LogP contribution in [-0.4, -0.2) is 50.9 Å². The first-order chi connectivity index (χ1) is 17.5. The number of sulfonamides is 1. The molecule has 3 aliphatic rings. The molecule has 11 heteroatoms. The Hall–Kier alpha value is -2.82. The van der Waals surface area contributed by atoms with Gasteiger partial charge in [-0.15, -0.1) is 0 Å². The Kier molecular flexibility index (Phi) is 6.62. The Morgan fingerprint density at radius 1 is 0.946 bits per heavy atom. The van der Waals surface area contributed by atoms with Crippen LogP contribution in [0.3, 0.4) is 0 Å². The molecule has 2 heterocycles. The van der Waals surface area contributed by atoms with Crippen molar-refractivity contribution in [2.24, 2.45) is 0 Å². The van der Waals surface area contributed by atoms with Crippen LogP contribution in [-0.2, 0) is 15.4 Å². The van der Waals surface area contributed by atoms with Crippen LogP contribution in [0.15, 0.2) is 53.4 Å². The molecule has 1 aliphatic carbocycles. The summed E-state index contributed by atoms with van der Waals surface area (Å²) < 4.78 is 81.2. The number of anilines is 1. The van der Waals surface area contributed by atoms with Crippen molar-refractivity contribution in [2.45, 2.75) is 67.2 Å². The molecule has 37 heavy (non-hydrogen) atoms. The van der Waals surface area contributed by atoms with Crippen molar-refractivity contribution in [3.8, 4) is 0 Å². The van der Waals surface area contributed by atoms with Gasteiger partial charge in [0.1, 0.15) is 0 Å². The summed E-state index contributed by atoms with van der Waals surface area (Å²) in [4.78, 5) is 14.4. The van der Waals surface area contributed by atoms with Gasteiger partial charge in [0.05, 0.1) is 10.6 Å². The number of urea groups is 1. The van der Waals surface area contributed by atoms with Crippen molar-refractivity contribution < 1.29 is 30.8 Å². The quantitative estimate of drug-likeness (QED) is 0.525. The highest BCUT2D eigenvalue weighted by atomic mass is 32.2. The summed E-state index contributed by atoms with van der Waals surface area (Å²) in [6.45, 7) is 0.998. The van der Waals surface area contributed by atoms with Crippen molar-refractivity contribution in [3.63, 3.8) is 0 Å². The monoisotopic (exact) mass is 539 g/mol. The molecule has 2 aromatic rings. The largest absolute Gasteiger partial charge is 0.335 e. The molecule has 1 saturated carbocycles. The van der Waals surface area contributed by atoms with Crippen molar-refractivity contribution in [2.75, 3.05) is 23.9 Å². The van der Waals surface area contributed by atoms with E-state index in [1.165, 1.54) is 16.4 Å². The van der Waals surface area contributed by atoms with E-state index in [0.717, 1.165) is 17.7 Å². The zero-order valence-corrected chi connectivity index (χ0v) is 21.0. The first kappa shape index (κ1) is 25.8. The molecule has 5 rings (SSSR count). The SMILES string of the molecule is O=C(NC1CCC(F)(F)CC1)N1CCC2(CC1)CN(S(=O)(=O)c1ccc(C(F)F)cc1)c1ccccc12. The lowest BCUT2D eigenvalue weighted by Crippen LogP contribution is -2.52. The summed E-state index contributed by atoms with van der Waals surface area (Å²) in [6.07, 6.45) is -1.58. The van der Waals surface area contributed by atoms with Gasteiger partial charge < -0.3 is 10.2 Å². The van der Waals surface area contributed by atoms with Crippen LogP contribution < -0.4 is 9.62 Å². The van der Waals surface area contributed by atoms with Crippen LogP contribution in [0, 0.1) is 0 Å². The minimum atomic E-state index is -3.99. The van der Waals surface area contributed by atoms with Crippen LogP contribution in [0.4, 0.5) is 28.0 Å². The average molecular weight is 540 g/mol. The maximum atomic E-state index is 13.6. The second kappa shape index (κ2) is 9.49. The third-order valence-corrected chi connectivity index (χ3v) is 9.74. The van der Waals surface area contributed by atoms with Crippen molar-refractivity contribution in [1.82, 2.24) is 10.2 Å². The number of carbonyl (C=O) groups excluding carboxylic acids is 1. The van der Waals surface area contributed by atoms with Gasteiger partial charge in [0.2, 0.25) is 5.92 Å². The van der Waals surface area contributed by atoms with Gasteiger partial charge in [-0.25, -0.2) is 30.8 Å². The molecular weight excluding hydrogens is 510 g/mol. The van der Waals surface area contributed by atoms with E-state index in [4.69, 9.17) is 0 Å². The molecule has 0 unspecified atom stereocenters. The molecule has 2 aromatic carbocycles. The summed E-state index contributed by atoms with van der Waals surface area (Å²) in [6, 6.07) is 11.4. The van der Waals surface area contributed by atoms with E-state index in [-0.39, 0.29) is 54.8 Å². The molecule has 0 bridgehead atoms. The highest BCUT2D eigenvalue weighted by Crippen LogP contribution is 2.48. The molecular formula is C26H29F4N3O3S. The number of halogens is 4. The van der Waals surface area contributed by atoms with Crippen molar-refractivity contribution in [3.05, 3.63) is 59.7 Å². The number of alkyl halides is 4. The number of fused-ring (bicyclic) bond motifs is 2. The maximum absolute atomic E-state index is 13.6. The van der Waals surface area contributed by atoms with Crippen LogP contribution in [0.25, 0.3) is 0 Å². The first-order valence-electron chi connectivity index (χ1n) is 12.4. The normalized spacial score (nSPS) is 21.3. The van der Waals surface area contributed by atoms with Gasteiger partial charge in [-0.3, -0.25) is 4.31 Å². The van der Waals surface area contributed by atoms with Gasteiger partial charge >= 0.3 is 6.03 Å². The molecule has 1 spiro atoms. The summed E-state index contributed by atoms with van der Waals surface area (Å²) in [5.74, 6) is -2.66. The van der Waals surface area contributed by atoms with Gasteiger partial charge in [-0.05, 0) is 49.4 Å². The molecule has 6 nitrogen and oxygen atoms in total. The number of benzene rings is 2. The Morgan fingerprint density at radius 3 is 2.19 bits per heavy atom. The maximum Gasteiger partial charge on any atom is 0.317 e. The fraction of sp³-hybridized carbons (Fsp3) is 0.500. The van der Waals surface area contributed by atoms with E-state index in [1.54, 1.807) is 17.0 Å². The number of para-hydroxylation sites is 1. The smallest absolute Gasteiger partial charge is 0.317 e. The lowest BCUT2D eigenvalue weighted by Gasteiger charge is -2.40. The van der Waals surface area contributed by atoms with E-state index in [9.17, 15) is 30.8 Å². The van der Waals surface area contributed by atoms with Crippen molar-refractivity contribution in [1.29, 1.82) is 0 Å². The Labute approximate surface area is 213 Å². The second-order valence-corrected chi connectivity index (χ2v) is 12.1. The van der Waals surface area contributed by atoms with E-state index in [1.807, 2.05) is 12.1 Å². The highest BCUT2D eigenvalue weighted by molar-refractivity contribution is 7.92. The van der Waals surface area contributed by atoms with Gasteiger partial charge in [-0.1, -0.05) is 30.3 Å². The number of nitrogens with one attached hydrogen (secondary N) is 1. The number of hydrogen-bond donors (Lipinski definition) is 1. The van der Waals surface area contributed by atoms with E-state index in [2.05, 4.69) is 5.32 Å². The highest BCUT2D eigenvalue weighted by Gasteiger charge is 2.48. The molecule has 2 aliphatic heterocycles. The Bertz CT molecular complexity index is 1250. The predicted molar refractivity (Wildman–Crippen MR) is 131 cm³/mol. The lowest BCUT2D eigenvalue weighted by atomic mass is 9.74. The molecule has 0 aromatic heterocycles. The molecule has 2 fully saturated rings. The number of likely N-dealkylation sites (tertiary alicyclic amines) is 1. The van der Waals surface area contributed by atoms with E-state index < -0.39 is 27.8 Å². The summed E-state index contributed by atoms with van der Waals surface area (Å²) >= 11 is 0. The van der Waals surface area contributed by atoms with Crippen LogP contribution in [0.2, 0.25) is 0 Å². The van der Waals surface area contributed by atoms with Gasteiger partial charge in [0, 0.05) is 49.5 Å². The molecule has 1 N–H and O–H groups in total. The topological polar surface area (TPSA) is 69.7 Å². The summed E-state index contributed by atoms with van der Waals surface area (Å²) in [5, 5.41) is 2.89. The van der Waals surface area contributed by atoms with Gasteiger partial charge in [0.15, 0.2) is 0 Å². The zero-order chi connectivity index (χ0) is 26.4. The minimum Gasteiger partial charge on any atom is -0.335 e. The third kappa shape index (κ3) is 4.89. The molecule has 200 valence electrons. The molecule has 0 radical (unpaired) electrons. The molecule has 0 atom stereocenters. The summed E-state index contributed by atoms with van der Waals surface area (Å²) in [7, 11) is -3.99. The third-order valence-electron chi connectivity index (χ3n) is 7.96. The van der Waals surface area contributed by atoms with Gasteiger partial charge in [-0.2, -0.15) is 0 Å². The standard InChI is InChI=1S/C26H29F4N3O3S/c27-23(28)18-5-7-20(8-6-18)37(35,36)33-17-25(21-3-1-2-4-22(21)33)13-15-32(16-14-25)24(34)31-19-9-11-26(29,30)12-10-19/h1-8,19,23H,9-17H2,(H,31,34). The zero-order valence-electron chi connectivity index (χ0n) is 20.2. The number of amides is 2. The second-order valence-electron chi connectivity index (χ2n) is 10.2. The van der Waals surface area contributed by atoms with Crippen LogP contribution >= 0.6 is 0 Å². The molecule has 1 saturated heterocycles. The number of piperidine rings is 1.